The fraction of sp³-hybridized carbons (Fsp3) is 0.423. The highest BCUT2D eigenvalue weighted by molar-refractivity contribution is 5.84. The highest BCUT2D eigenvalue weighted by Gasteiger charge is 2.39. The third kappa shape index (κ3) is 5.34. The van der Waals surface area contributed by atoms with Gasteiger partial charge < -0.3 is 9.47 Å². The standard InChI is InChI=1S/C26H29F3O3/c1-17(24(30)31-4)22-20(26(27,28)29)10-11-21(32-16-18-8-6-5-7-9-18)23(22)19-12-14-25(2,3)15-13-19/h5-12,17H,13-16H2,1-4H3. The van der Waals surface area contributed by atoms with Crippen LogP contribution in [0.15, 0.2) is 48.5 Å². The smallest absolute Gasteiger partial charge is 0.416 e. The minimum atomic E-state index is -4.61. The number of esters is 1. The number of carbonyl (C=O) groups excluding carboxylic acids is 1. The third-order valence-electron chi connectivity index (χ3n) is 6.03. The average molecular weight is 447 g/mol. The molecule has 0 aromatic heterocycles. The molecule has 172 valence electrons. The van der Waals surface area contributed by atoms with E-state index in [1.54, 1.807) is 0 Å². The summed E-state index contributed by atoms with van der Waals surface area (Å²) in [5, 5.41) is 0. The van der Waals surface area contributed by atoms with Crippen molar-refractivity contribution < 1.29 is 27.4 Å². The first-order valence-corrected chi connectivity index (χ1v) is 10.7. The van der Waals surface area contributed by atoms with Crippen LogP contribution >= 0.6 is 0 Å². The van der Waals surface area contributed by atoms with E-state index in [0.29, 0.717) is 17.7 Å². The Morgan fingerprint density at radius 2 is 1.81 bits per heavy atom. The molecule has 2 aromatic rings. The van der Waals surface area contributed by atoms with E-state index in [4.69, 9.17) is 9.47 Å². The van der Waals surface area contributed by atoms with Gasteiger partial charge in [-0.25, -0.2) is 0 Å². The quantitative estimate of drug-likeness (QED) is 0.442. The van der Waals surface area contributed by atoms with E-state index in [2.05, 4.69) is 13.8 Å². The maximum atomic E-state index is 14.0. The number of allylic oxidation sites excluding steroid dienone is 2. The molecule has 0 amide bonds. The number of hydrogen-bond donors (Lipinski definition) is 0. The Kier molecular flexibility index (Phi) is 7.01. The third-order valence-corrected chi connectivity index (χ3v) is 6.03. The van der Waals surface area contributed by atoms with Gasteiger partial charge in [0, 0.05) is 5.56 Å². The maximum Gasteiger partial charge on any atom is 0.416 e. The molecule has 0 fully saturated rings. The molecule has 3 nitrogen and oxygen atoms in total. The number of carbonyl (C=O) groups is 1. The Labute approximate surface area is 187 Å². The normalized spacial score (nSPS) is 16.8. The Morgan fingerprint density at radius 1 is 1.12 bits per heavy atom. The van der Waals surface area contributed by atoms with Gasteiger partial charge in [0.2, 0.25) is 0 Å². The highest BCUT2D eigenvalue weighted by atomic mass is 19.4. The van der Waals surface area contributed by atoms with Crippen molar-refractivity contribution in [2.75, 3.05) is 7.11 Å². The SMILES string of the molecule is COC(=O)C(C)c1c(C(F)(F)F)ccc(OCc2ccccc2)c1C1=CCC(C)(C)CC1. The molecule has 0 aliphatic heterocycles. The molecule has 1 aliphatic carbocycles. The second kappa shape index (κ2) is 9.39. The molecular formula is C26H29F3O3. The monoisotopic (exact) mass is 446 g/mol. The van der Waals surface area contributed by atoms with E-state index in [-0.39, 0.29) is 17.6 Å². The van der Waals surface area contributed by atoms with Gasteiger partial charge in [0.15, 0.2) is 0 Å². The van der Waals surface area contributed by atoms with E-state index in [0.717, 1.165) is 30.0 Å². The molecule has 0 N–H and O–H groups in total. The molecule has 0 bridgehead atoms. The van der Waals surface area contributed by atoms with Gasteiger partial charge in [0.1, 0.15) is 12.4 Å². The first-order chi connectivity index (χ1) is 15.0. The largest absolute Gasteiger partial charge is 0.488 e. The summed E-state index contributed by atoms with van der Waals surface area (Å²) in [5.41, 5.74) is 1.21. The van der Waals surface area contributed by atoms with Gasteiger partial charge in [-0.2, -0.15) is 13.2 Å². The molecule has 0 saturated carbocycles. The van der Waals surface area contributed by atoms with Crippen molar-refractivity contribution >= 4 is 11.5 Å². The van der Waals surface area contributed by atoms with Crippen LogP contribution in [0.4, 0.5) is 13.2 Å². The van der Waals surface area contributed by atoms with Crippen molar-refractivity contribution in [3.05, 3.63) is 70.8 Å². The van der Waals surface area contributed by atoms with Crippen LogP contribution < -0.4 is 4.74 Å². The van der Waals surface area contributed by atoms with Crippen LogP contribution in [0.1, 0.15) is 68.2 Å². The van der Waals surface area contributed by atoms with Crippen molar-refractivity contribution in [2.24, 2.45) is 5.41 Å². The van der Waals surface area contributed by atoms with Crippen LogP contribution in [0.2, 0.25) is 0 Å². The Morgan fingerprint density at radius 3 is 2.38 bits per heavy atom. The van der Waals surface area contributed by atoms with Crippen LogP contribution in [0.3, 0.4) is 0 Å². The fourth-order valence-corrected chi connectivity index (χ4v) is 4.08. The predicted molar refractivity (Wildman–Crippen MR) is 118 cm³/mol. The molecule has 1 atom stereocenters. The Bertz CT molecular complexity index is 991. The van der Waals surface area contributed by atoms with E-state index < -0.39 is 23.6 Å². The zero-order valence-electron chi connectivity index (χ0n) is 18.9. The van der Waals surface area contributed by atoms with Gasteiger partial charge in [0.05, 0.1) is 18.6 Å². The van der Waals surface area contributed by atoms with Crippen LogP contribution in [0, 0.1) is 5.41 Å². The topological polar surface area (TPSA) is 35.5 Å². The highest BCUT2D eigenvalue weighted by Crippen LogP contribution is 2.47. The van der Waals surface area contributed by atoms with Crippen LogP contribution in [0.25, 0.3) is 5.57 Å². The summed E-state index contributed by atoms with van der Waals surface area (Å²) < 4.78 is 52.9. The lowest BCUT2D eigenvalue weighted by atomic mass is 9.75. The number of alkyl halides is 3. The molecule has 1 aliphatic rings. The minimum absolute atomic E-state index is 0.0737. The van der Waals surface area contributed by atoms with E-state index >= 15 is 0 Å². The van der Waals surface area contributed by atoms with Gasteiger partial charge in [-0.15, -0.1) is 0 Å². The number of hydrogen-bond acceptors (Lipinski definition) is 3. The second-order valence-electron chi connectivity index (χ2n) is 9.01. The number of halogens is 3. The van der Waals surface area contributed by atoms with Gasteiger partial charge in [-0.05, 0) is 60.4 Å². The van der Waals surface area contributed by atoms with Crippen molar-refractivity contribution in [3.8, 4) is 5.75 Å². The van der Waals surface area contributed by atoms with Gasteiger partial charge in [0.25, 0.3) is 0 Å². The van der Waals surface area contributed by atoms with E-state index in [9.17, 15) is 18.0 Å². The minimum Gasteiger partial charge on any atom is -0.488 e. The molecule has 0 radical (unpaired) electrons. The molecule has 0 spiro atoms. The first-order valence-electron chi connectivity index (χ1n) is 10.7. The van der Waals surface area contributed by atoms with E-state index in [1.165, 1.54) is 20.1 Å². The first kappa shape index (κ1) is 23.9. The summed E-state index contributed by atoms with van der Waals surface area (Å²) in [7, 11) is 1.18. The molecule has 0 saturated heterocycles. The zero-order valence-corrected chi connectivity index (χ0v) is 18.9. The number of methoxy groups -OCH3 is 1. The number of rotatable bonds is 6. The molecule has 6 heteroatoms. The average Bonchev–Trinajstić information content (AvgIpc) is 2.76. The van der Waals surface area contributed by atoms with Crippen LogP contribution in [-0.4, -0.2) is 13.1 Å². The van der Waals surface area contributed by atoms with Crippen molar-refractivity contribution in [1.82, 2.24) is 0 Å². The molecule has 32 heavy (non-hydrogen) atoms. The summed E-state index contributed by atoms with van der Waals surface area (Å²) in [5.74, 6) is -1.46. The maximum absolute atomic E-state index is 14.0. The molecule has 0 heterocycles. The van der Waals surface area contributed by atoms with E-state index in [1.807, 2.05) is 36.4 Å². The zero-order chi connectivity index (χ0) is 23.5. The fourth-order valence-electron chi connectivity index (χ4n) is 4.08. The van der Waals surface area contributed by atoms with Crippen molar-refractivity contribution in [1.29, 1.82) is 0 Å². The van der Waals surface area contributed by atoms with Gasteiger partial charge in [-0.1, -0.05) is 50.3 Å². The lowest BCUT2D eigenvalue weighted by Gasteiger charge is -2.31. The predicted octanol–water partition coefficient (Wildman–Crippen LogP) is 7.15. The summed E-state index contributed by atoms with van der Waals surface area (Å²) in [6.07, 6.45) is -0.445. The molecule has 2 aromatic carbocycles. The Hall–Kier alpha value is -2.76. The molecule has 1 unspecified atom stereocenters. The lowest BCUT2D eigenvalue weighted by Crippen LogP contribution is -2.21. The summed E-state index contributed by atoms with van der Waals surface area (Å²) in [6.45, 7) is 5.94. The second-order valence-corrected chi connectivity index (χ2v) is 9.01. The van der Waals surface area contributed by atoms with Gasteiger partial charge >= 0.3 is 12.1 Å². The summed E-state index contributed by atoms with van der Waals surface area (Å²) in [4.78, 5) is 12.4. The van der Waals surface area contributed by atoms with Gasteiger partial charge in [-0.3, -0.25) is 4.79 Å². The number of benzene rings is 2. The summed E-state index contributed by atoms with van der Waals surface area (Å²) >= 11 is 0. The van der Waals surface area contributed by atoms with Crippen LogP contribution in [0.5, 0.6) is 5.75 Å². The van der Waals surface area contributed by atoms with Crippen molar-refractivity contribution in [3.63, 3.8) is 0 Å². The lowest BCUT2D eigenvalue weighted by molar-refractivity contribution is -0.143. The Balaban J connectivity index is 2.18. The molecule has 3 rings (SSSR count). The summed E-state index contributed by atoms with van der Waals surface area (Å²) in [6, 6.07) is 11.8. The van der Waals surface area contributed by atoms with Crippen LogP contribution in [-0.2, 0) is 22.3 Å². The number of ether oxygens (including phenoxy) is 2. The molecular weight excluding hydrogens is 417 g/mol. The van der Waals surface area contributed by atoms with Crippen molar-refractivity contribution in [2.45, 2.75) is 58.7 Å².